The number of anilines is 1. The van der Waals surface area contributed by atoms with Gasteiger partial charge < -0.3 is 24.1 Å². The Labute approximate surface area is 167 Å². The van der Waals surface area contributed by atoms with Crippen LogP contribution >= 0.6 is 11.6 Å². The number of hydrogen-bond donors (Lipinski definition) is 1. The first kappa shape index (κ1) is 18.3. The number of ether oxygens (including phenoxy) is 3. The van der Waals surface area contributed by atoms with Gasteiger partial charge in [0.15, 0.2) is 11.5 Å². The van der Waals surface area contributed by atoms with Crippen LogP contribution in [0.1, 0.15) is 16.8 Å². The molecule has 0 bridgehead atoms. The van der Waals surface area contributed by atoms with Gasteiger partial charge in [-0.25, -0.2) is 0 Å². The summed E-state index contributed by atoms with van der Waals surface area (Å²) in [4.78, 5) is 12.9. The van der Waals surface area contributed by atoms with Crippen LogP contribution in [0.15, 0.2) is 54.9 Å². The van der Waals surface area contributed by atoms with Gasteiger partial charge in [0, 0.05) is 36.6 Å². The molecule has 0 spiro atoms. The van der Waals surface area contributed by atoms with Crippen LogP contribution < -0.4 is 19.5 Å². The van der Waals surface area contributed by atoms with Gasteiger partial charge >= 0.3 is 0 Å². The van der Waals surface area contributed by atoms with Crippen LogP contribution in [0.3, 0.4) is 0 Å². The summed E-state index contributed by atoms with van der Waals surface area (Å²) in [5.74, 6) is 1.39. The molecule has 0 aliphatic carbocycles. The second-order valence-electron chi connectivity index (χ2n) is 6.26. The zero-order valence-electron chi connectivity index (χ0n) is 15.3. The summed E-state index contributed by atoms with van der Waals surface area (Å²) in [6, 6.07) is 12.4. The fourth-order valence-corrected chi connectivity index (χ4v) is 3.28. The fraction of sp³-hybridized carbons (Fsp3) is 0.190. The van der Waals surface area contributed by atoms with Crippen molar-refractivity contribution in [3.05, 3.63) is 65.4 Å². The van der Waals surface area contributed by atoms with Crippen LogP contribution in [0.2, 0.25) is 5.02 Å². The molecule has 0 saturated heterocycles. The van der Waals surface area contributed by atoms with Crippen LogP contribution in [0.25, 0.3) is 5.69 Å². The zero-order valence-corrected chi connectivity index (χ0v) is 16.0. The molecule has 1 aliphatic heterocycles. The van der Waals surface area contributed by atoms with Gasteiger partial charge in [-0.05, 0) is 30.3 Å². The monoisotopic (exact) mass is 398 g/mol. The average molecular weight is 399 g/mol. The largest absolute Gasteiger partial charge is 0.496 e. The standard InChI is InChI=1S/C21H19ClN2O4/c1-26-19-13-17(24-7-2-3-8-24)16(22)12-15(19)21(25)23-14-5-6-18-20(11-14)28-10-4-9-27-18/h2-3,5-8,11-13H,4,9-10H2,1H3,(H,23,25). The molecule has 1 aromatic heterocycles. The van der Waals surface area contributed by atoms with Crippen molar-refractivity contribution in [3.8, 4) is 22.9 Å². The van der Waals surface area contributed by atoms with Crippen molar-refractivity contribution in [2.75, 3.05) is 25.6 Å². The van der Waals surface area contributed by atoms with Gasteiger partial charge in [-0.1, -0.05) is 11.6 Å². The van der Waals surface area contributed by atoms with Crippen molar-refractivity contribution in [2.45, 2.75) is 6.42 Å². The number of fused-ring (bicyclic) bond motifs is 1. The Bertz CT molecular complexity index is 1000. The third kappa shape index (κ3) is 3.64. The molecule has 3 aromatic rings. The highest BCUT2D eigenvalue weighted by atomic mass is 35.5. The lowest BCUT2D eigenvalue weighted by Crippen LogP contribution is -2.14. The second-order valence-corrected chi connectivity index (χ2v) is 6.67. The highest BCUT2D eigenvalue weighted by Gasteiger charge is 2.18. The smallest absolute Gasteiger partial charge is 0.259 e. The number of benzene rings is 2. The number of nitrogens with zero attached hydrogens (tertiary/aromatic N) is 1. The van der Waals surface area contributed by atoms with Crippen LogP contribution in [-0.4, -0.2) is 30.8 Å². The molecule has 7 heteroatoms. The Morgan fingerprint density at radius 3 is 2.61 bits per heavy atom. The van der Waals surface area contributed by atoms with Gasteiger partial charge in [0.05, 0.1) is 36.6 Å². The molecule has 28 heavy (non-hydrogen) atoms. The van der Waals surface area contributed by atoms with Gasteiger partial charge in [-0.2, -0.15) is 0 Å². The van der Waals surface area contributed by atoms with Crippen molar-refractivity contribution in [1.29, 1.82) is 0 Å². The van der Waals surface area contributed by atoms with E-state index >= 15 is 0 Å². The number of hydrogen-bond acceptors (Lipinski definition) is 4. The molecule has 0 atom stereocenters. The van der Waals surface area contributed by atoms with E-state index in [-0.39, 0.29) is 5.91 Å². The summed E-state index contributed by atoms with van der Waals surface area (Å²) in [5, 5.41) is 3.31. The van der Waals surface area contributed by atoms with Crippen LogP contribution in [0, 0.1) is 0 Å². The van der Waals surface area contributed by atoms with E-state index in [1.807, 2.05) is 29.1 Å². The minimum atomic E-state index is -0.327. The minimum absolute atomic E-state index is 0.327. The van der Waals surface area contributed by atoms with Crippen LogP contribution in [0.5, 0.6) is 17.2 Å². The summed E-state index contributed by atoms with van der Waals surface area (Å²) >= 11 is 6.42. The third-order valence-corrected chi connectivity index (χ3v) is 4.70. The zero-order chi connectivity index (χ0) is 19.5. The molecular weight excluding hydrogens is 380 g/mol. The predicted octanol–water partition coefficient (Wildman–Crippen LogP) is 4.55. The molecule has 0 unspecified atom stereocenters. The summed E-state index contributed by atoms with van der Waals surface area (Å²) in [7, 11) is 1.52. The summed E-state index contributed by atoms with van der Waals surface area (Å²) in [6.07, 6.45) is 4.57. The average Bonchev–Trinajstić information content (AvgIpc) is 3.13. The van der Waals surface area contributed by atoms with Crippen molar-refractivity contribution < 1.29 is 19.0 Å². The minimum Gasteiger partial charge on any atom is -0.496 e. The van der Waals surface area contributed by atoms with E-state index in [0.717, 1.165) is 12.1 Å². The van der Waals surface area contributed by atoms with Gasteiger partial charge in [0.25, 0.3) is 5.91 Å². The first-order chi connectivity index (χ1) is 13.7. The summed E-state index contributed by atoms with van der Waals surface area (Å²) < 4.78 is 18.6. The molecule has 2 aromatic carbocycles. The normalized spacial score (nSPS) is 12.9. The van der Waals surface area contributed by atoms with E-state index in [4.69, 9.17) is 25.8 Å². The maximum atomic E-state index is 12.9. The number of aromatic nitrogens is 1. The maximum absolute atomic E-state index is 12.9. The lowest BCUT2D eigenvalue weighted by atomic mass is 10.1. The van der Waals surface area contributed by atoms with E-state index in [1.54, 1.807) is 30.3 Å². The first-order valence-electron chi connectivity index (χ1n) is 8.87. The topological polar surface area (TPSA) is 61.7 Å². The molecule has 4 rings (SSSR count). The molecule has 2 heterocycles. The number of rotatable bonds is 4. The summed E-state index contributed by atoms with van der Waals surface area (Å²) in [5.41, 5.74) is 1.67. The van der Waals surface area contributed by atoms with E-state index in [9.17, 15) is 4.79 Å². The molecule has 144 valence electrons. The Morgan fingerprint density at radius 1 is 1.11 bits per heavy atom. The van der Waals surface area contributed by atoms with E-state index in [0.29, 0.717) is 46.7 Å². The lowest BCUT2D eigenvalue weighted by molar-refractivity contribution is 0.102. The number of halogens is 1. The fourth-order valence-electron chi connectivity index (χ4n) is 3.02. The maximum Gasteiger partial charge on any atom is 0.259 e. The summed E-state index contributed by atoms with van der Waals surface area (Å²) in [6.45, 7) is 1.19. The number of carbonyl (C=O) groups excluding carboxylic acids is 1. The molecule has 0 fully saturated rings. The molecular formula is C21H19ClN2O4. The van der Waals surface area contributed by atoms with Gasteiger partial charge in [0.2, 0.25) is 0 Å². The van der Waals surface area contributed by atoms with Gasteiger partial charge in [-0.15, -0.1) is 0 Å². The Balaban J connectivity index is 1.61. The number of carbonyl (C=O) groups is 1. The van der Waals surface area contributed by atoms with E-state index in [1.165, 1.54) is 7.11 Å². The SMILES string of the molecule is COc1cc(-n2cccc2)c(Cl)cc1C(=O)Nc1ccc2c(c1)OCCCO2. The highest BCUT2D eigenvalue weighted by Crippen LogP contribution is 2.34. The third-order valence-electron chi connectivity index (χ3n) is 4.40. The Hall–Kier alpha value is -3.12. The van der Waals surface area contributed by atoms with E-state index < -0.39 is 0 Å². The number of methoxy groups -OCH3 is 1. The molecule has 0 saturated carbocycles. The highest BCUT2D eigenvalue weighted by molar-refractivity contribution is 6.33. The van der Waals surface area contributed by atoms with Crippen LogP contribution in [0.4, 0.5) is 5.69 Å². The molecule has 0 radical (unpaired) electrons. The quantitative estimate of drug-likeness (QED) is 0.700. The van der Waals surface area contributed by atoms with Gasteiger partial charge in [0.1, 0.15) is 5.75 Å². The number of amides is 1. The second kappa shape index (κ2) is 7.86. The number of nitrogens with one attached hydrogen (secondary N) is 1. The predicted molar refractivity (Wildman–Crippen MR) is 107 cm³/mol. The van der Waals surface area contributed by atoms with E-state index in [2.05, 4.69) is 5.32 Å². The van der Waals surface area contributed by atoms with Crippen LogP contribution in [-0.2, 0) is 0 Å². The van der Waals surface area contributed by atoms with Crippen molar-refractivity contribution in [1.82, 2.24) is 4.57 Å². The van der Waals surface area contributed by atoms with Crippen molar-refractivity contribution in [3.63, 3.8) is 0 Å². The Kier molecular flexibility index (Phi) is 5.12. The Morgan fingerprint density at radius 2 is 1.86 bits per heavy atom. The van der Waals surface area contributed by atoms with Gasteiger partial charge in [-0.3, -0.25) is 4.79 Å². The molecule has 1 N–H and O–H groups in total. The molecule has 1 amide bonds. The lowest BCUT2D eigenvalue weighted by Gasteiger charge is -2.14. The molecule has 6 nitrogen and oxygen atoms in total. The van der Waals surface area contributed by atoms with Crippen molar-refractivity contribution >= 4 is 23.2 Å². The van der Waals surface area contributed by atoms with Crippen molar-refractivity contribution in [2.24, 2.45) is 0 Å². The molecule has 1 aliphatic rings. The first-order valence-corrected chi connectivity index (χ1v) is 9.25.